The highest BCUT2D eigenvalue weighted by Crippen LogP contribution is 2.52. The number of nitrogens with two attached hydrogens (primary N) is 1. The van der Waals surface area contributed by atoms with Crippen LogP contribution >= 0.6 is 11.8 Å². The molecule has 1 unspecified atom stereocenters. The monoisotopic (exact) mass is 474 g/mol. The number of aromatic amines is 1. The first-order valence-electron chi connectivity index (χ1n) is 10.5. The molecule has 8 nitrogen and oxygen atoms in total. The molecule has 4 N–H and O–H groups in total. The summed E-state index contributed by atoms with van der Waals surface area (Å²) in [6, 6.07) is 15.4. The lowest BCUT2D eigenvalue weighted by molar-refractivity contribution is -0.120. The van der Waals surface area contributed by atoms with Gasteiger partial charge in [0, 0.05) is 23.5 Å². The molecule has 0 saturated heterocycles. The first-order chi connectivity index (χ1) is 16.4. The van der Waals surface area contributed by atoms with Crippen molar-refractivity contribution in [3.63, 3.8) is 0 Å². The van der Waals surface area contributed by atoms with Crippen molar-refractivity contribution in [1.29, 1.82) is 5.26 Å². The molecule has 5 rings (SSSR count). The summed E-state index contributed by atoms with van der Waals surface area (Å²) in [6.07, 6.45) is 0. The van der Waals surface area contributed by atoms with Crippen LogP contribution in [0.2, 0.25) is 0 Å². The molecule has 10 heteroatoms. The molecule has 1 aromatic heterocycles. The van der Waals surface area contributed by atoms with Crippen molar-refractivity contribution in [2.45, 2.75) is 23.2 Å². The Morgan fingerprint density at radius 2 is 1.94 bits per heavy atom. The first-order valence-corrected chi connectivity index (χ1v) is 11.5. The molecule has 0 fully saturated rings. The molecule has 3 heterocycles. The Labute approximate surface area is 198 Å². The maximum absolute atomic E-state index is 14.0. The van der Waals surface area contributed by atoms with Crippen LogP contribution in [0, 0.1) is 17.1 Å². The fourth-order valence-corrected chi connectivity index (χ4v) is 5.48. The number of hydrogen-bond donors (Lipinski definition) is 3. The third kappa shape index (κ3) is 2.94. The predicted molar refractivity (Wildman–Crippen MR) is 127 cm³/mol. The number of nitrogens with one attached hydrogen (secondary N) is 2. The van der Waals surface area contributed by atoms with E-state index in [0.717, 1.165) is 11.8 Å². The summed E-state index contributed by atoms with van der Waals surface area (Å²) in [7, 11) is 0. The van der Waals surface area contributed by atoms with E-state index in [0.29, 0.717) is 23.4 Å². The Hall–Kier alpha value is -4.10. The van der Waals surface area contributed by atoms with Crippen molar-refractivity contribution in [2.75, 3.05) is 16.8 Å². The zero-order valence-electron chi connectivity index (χ0n) is 18.1. The summed E-state index contributed by atoms with van der Waals surface area (Å²) in [5, 5.41) is 13.1. The molecule has 0 aliphatic carbocycles. The number of likely N-dealkylation sites (N-methyl/N-ethyl adjacent to an activating group) is 1. The van der Waals surface area contributed by atoms with Gasteiger partial charge in [0.05, 0.1) is 11.1 Å². The zero-order chi connectivity index (χ0) is 24.0. The van der Waals surface area contributed by atoms with E-state index in [1.54, 1.807) is 42.5 Å². The number of anilines is 2. The maximum atomic E-state index is 14.0. The van der Waals surface area contributed by atoms with Crippen molar-refractivity contribution in [2.24, 2.45) is 5.73 Å². The summed E-state index contributed by atoms with van der Waals surface area (Å²) in [5.74, 6) is -0.500. The molecule has 0 saturated carbocycles. The number of hydrogen-bond acceptors (Lipinski definition) is 7. The van der Waals surface area contributed by atoms with Gasteiger partial charge in [-0.15, -0.1) is 0 Å². The van der Waals surface area contributed by atoms with Gasteiger partial charge in [0.1, 0.15) is 28.9 Å². The molecule has 3 aromatic rings. The number of amides is 1. The second kappa shape index (κ2) is 8.04. The minimum Gasteiger partial charge on any atom is -0.384 e. The van der Waals surface area contributed by atoms with Crippen LogP contribution in [0.1, 0.15) is 23.6 Å². The Bertz CT molecular complexity index is 1480. The summed E-state index contributed by atoms with van der Waals surface area (Å²) in [4.78, 5) is 36.1. The second-order valence-electron chi connectivity index (χ2n) is 7.82. The van der Waals surface area contributed by atoms with Crippen molar-refractivity contribution in [3.05, 3.63) is 92.8 Å². The summed E-state index contributed by atoms with van der Waals surface area (Å²) in [6.45, 7) is 2.17. The molecular formula is C24H19FN6O2S. The fraction of sp³-hybridized carbons (Fsp3) is 0.167. The number of nitriles is 1. The van der Waals surface area contributed by atoms with E-state index < -0.39 is 16.9 Å². The molecule has 2 aromatic carbocycles. The Kier molecular flexibility index (Phi) is 5.14. The van der Waals surface area contributed by atoms with Crippen molar-refractivity contribution < 1.29 is 9.18 Å². The minimum absolute atomic E-state index is 0.0156. The average Bonchev–Trinajstić information content (AvgIpc) is 3.06. The number of rotatable bonds is 4. The van der Waals surface area contributed by atoms with Crippen LogP contribution in [-0.4, -0.2) is 22.4 Å². The van der Waals surface area contributed by atoms with Crippen LogP contribution in [0.5, 0.6) is 0 Å². The van der Waals surface area contributed by atoms with Crippen LogP contribution in [0.15, 0.2) is 69.9 Å². The largest absolute Gasteiger partial charge is 0.384 e. The molecule has 1 atom stereocenters. The standard InChI is InChI=1S/C24H19FN6O2S/c1-2-31-17-10-6-4-8-14(17)24(22(31)33)15(11-26)19(27)28-20-18(24)21(32)30-23(29-20)34-12-13-7-3-5-9-16(13)25/h3-10H,2,12,27H2,1H3,(H2,28,29,30,32). The van der Waals surface area contributed by atoms with Crippen LogP contribution in [0.4, 0.5) is 15.9 Å². The molecule has 2 aliphatic heterocycles. The second-order valence-corrected chi connectivity index (χ2v) is 8.78. The lowest BCUT2D eigenvalue weighted by Gasteiger charge is -2.34. The molecule has 170 valence electrons. The first kappa shape index (κ1) is 21.7. The lowest BCUT2D eigenvalue weighted by Crippen LogP contribution is -2.49. The molecule has 0 radical (unpaired) electrons. The minimum atomic E-state index is -1.71. The summed E-state index contributed by atoms with van der Waals surface area (Å²) < 4.78 is 14.0. The number of carbonyl (C=O) groups excluding carboxylic acids is 1. The van der Waals surface area contributed by atoms with E-state index in [4.69, 9.17) is 5.73 Å². The molecule has 0 bridgehead atoms. The Morgan fingerprint density at radius 1 is 1.21 bits per heavy atom. The number of para-hydroxylation sites is 1. The predicted octanol–water partition coefficient (Wildman–Crippen LogP) is 2.97. The van der Waals surface area contributed by atoms with E-state index in [2.05, 4.69) is 21.4 Å². The van der Waals surface area contributed by atoms with E-state index in [1.165, 1.54) is 11.0 Å². The number of halogens is 1. The van der Waals surface area contributed by atoms with Gasteiger partial charge in [-0.1, -0.05) is 48.2 Å². The number of carbonyl (C=O) groups is 1. The maximum Gasteiger partial charge on any atom is 0.258 e. The highest BCUT2D eigenvalue weighted by Gasteiger charge is 2.59. The Morgan fingerprint density at radius 3 is 2.68 bits per heavy atom. The number of aromatic nitrogens is 2. The number of thioether (sulfide) groups is 1. The lowest BCUT2D eigenvalue weighted by atomic mass is 9.69. The topological polar surface area (TPSA) is 128 Å². The van der Waals surface area contributed by atoms with E-state index in [1.807, 2.05) is 6.92 Å². The third-order valence-corrected chi connectivity index (χ3v) is 7.01. The number of nitrogens with zero attached hydrogens (tertiary/aromatic N) is 3. The smallest absolute Gasteiger partial charge is 0.258 e. The molecule has 2 aliphatic rings. The van der Waals surface area contributed by atoms with Gasteiger partial charge in [-0.3, -0.25) is 9.59 Å². The highest BCUT2D eigenvalue weighted by molar-refractivity contribution is 7.98. The van der Waals surface area contributed by atoms with Crippen molar-refractivity contribution >= 4 is 29.2 Å². The van der Waals surface area contributed by atoms with Gasteiger partial charge in [-0.05, 0) is 24.6 Å². The molecule has 1 amide bonds. The number of benzene rings is 2. The van der Waals surface area contributed by atoms with Gasteiger partial charge >= 0.3 is 0 Å². The third-order valence-electron chi connectivity index (χ3n) is 6.09. The average molecular weight is 475 g/mol. The van der Waals surface area contributed by atoms with E-state index >= 15 is 0 Å². The SMILES string of the molecule is CCN1C(=O)C2(C(C#N)=C(N)Nc3nc(SCc4ccccc4F)[nH]c(=O)c32)c2ccccc21. The Balaban J connectivity index is 1.69. The van der Waals surface area contributed by atoms with Crippen LogP contribution in [0.25, 0.3) is 0 Å². The molecule has 34 heavy (non-hydrogen) atoms. The highest BCUT2D eigenvalue weighted by atomic mass is 32.2. The number of fused-ring (bicyclic) bond motifs is 4. The fourth-order valence-electron chi connectivity index (χ4n) is 4.63. The van der Waals surface area contributed by atoms with Gasteiger partial charge in [0.2, 0.25) is 5.91 Å². The molecule has 1 spiro atoms. The van der Waals surface area contributed by atoms with E-state index in [9.17, 15) is 19.2 Å². The normalized spacial score (nSPS) is 18.5. The summed E-state index contributed by atoms with van der Waals surface area (Å²) >= 11 is 1.14. The van der Waals surface area contributed by atoms with Crippen molar-refractivity contribution in [1.82, 2.24) is 9.97 Å². The number of H-pyrrole nitrogens is 1. The van der Waals surface area contributed by atoms with Gasteiger partial charge < -0.3 is 20.9 Å². The van der Waals surface area contributed by atoms with Gasteiger partial charge in [-0.2, -0.15) is 5.26 Å². The molecular weight excluding hydrogens is 455 g/mol. The zero-order valence-corrected chi connectivity index (χ0v) is 18.9. The van der Waals surface area contributed by atoms with Gasteiger partial charge in [0.15, 0.2) is 5.16 Å². The van der Waals surface area contributed by atoms with Crippen molar-refractivity contribution in [3.8, 4) is 6.07 Å². The van der Waals surface area contributed by atoms with Gasteiger partial charge in [-0.25, -0.2) is 9.37 Å². The quantitative estimate of drug-likeness (QED) is 0.392. The van der Waals surface area contributed by atoms with Crippen LogP contribution in [0.3, 0.4) is 0 Å². The summed E-state index contributed by atoms with van der Waals surface area (Å²) in [5.41, 5.74) is 5.48. The van der Waals surface area contributed by atoms with E-state index in [-0.39, 0.29) is 39.5 Å². The van der Waals surface area contributed by atoms with Crippen LogP contribution < -0.4 is 21.5 Å². The van der Waals surface area contributed by atoms with Gasteiger partial charge in [0.25, 0.3) is 5.56 Å². The van der Waals surface area contributed by atoms with Crippen LogP contribution in [-0.2, 0) is 16.0 Å².